The Morgan fingerprint density at radius 1 is 0.974 bits per heavy atom. The second-order valence-corrected chi connectivity index (χ2v) is 10.9. The lowest BCUT2D eigenvalue weighted by molar-refractivity contribution is -0.125. The van der Waals surface area contributed by atoms with E-state index in [9.17, 15) is 14.4 Å². The predicted octanol–water partition coefficient (Wildman–Crippen LogP) is 7.22. The van der Waals surface area contributed by atoms with E-state index < -0.39 is 10.8 Å². The molecule has 0 spiro atoms. The Morgan fingerprint density at radius 2 is 1.68 bits per heavy atom. The van der Waals surface area contributed by atoms with Crippen LogP contribution in [0.15, 0.2) is 90.5 Å². The summed E-state index contributed by atoms with van der Waals surface area (Å²) in [6.07, 6.45) is 3.28. The predicted molar refractivity (Wildman–Crippen MR) is 146 cm³/mol. The van der Waals surface area contributed by atoms with E-state index in [2.05, 4.69) is 48.7 Å². The van der Waals surface area contributed by atoms with Gasteiger partial charge in [0.15, 0.2) is 5.78 Å². The molecule has 0 N–H and O–H groups in total. The number of imidazole rings is 1. The van der Waals surface area contributed by atoms with Gasteiger partial charge in [-0.25, -0.2) is 9.37 Å². The highest BCUT2D eigenvalue weighted by Gasteiger charge is 2.58. The lowest BCUT2D eigenvalue weighted by Crippen LogP contribution is -2.53. The Hall–Kier alpha value is -4.30. The average molecular weight is 502 g/mol. The normalized spacial score (nSPS) is 24.2. The van der Waals surface area contributed by atoms with Crippen molar-refractivity contribution in [3.05, 3.63) is 108 Å². The van der Waals surface area contributed by atoms with Crippen molar-refractivity contribution < 1.29 is 9.18 Å². The topological polar surface area (TPSA) is 58.7 Å². The summed E-state index contributed by atoms with van der Waals surface area (Å²) in [6.45, 7) is 6.17. The van der Waals surface area contributed by atoms with Crippen LogP contribution in [0.25, 0.3) is 28.2 Å². The largest absolute Gasteiger partial charge is 0.296 e. The van der Waals surface area contributed by atoms with Gasteiger partial charge in [0.2, 0.25) is 0 Å². The summed E-state index contributed by atoms with van der Waals surface area (Å²) in [6, 6.07) is 27.1. The third-order valence-corrected chi connectivity index (χ3v) is 8.99. The Labute approximate surface area is 222 Å². The molecule has 0 bridgehead atoms. The van der Waals surface area contributed by atoms with E-state index in [1.165, 1.54) is 12.1 Å². The molecule has 0 unspecified atom stereocenters. The fraction of sp³-hybridized carbons (Fsp3) is 0.242. The molecule has 6 rings (SSSR count). The van der Waals surface area contributed by atoms with E-state index in [-0.39, 0.29) is 23.1 Å². The average Bonchev–Trinajstić information content (AvgIpc) is 3.34. The zero-order valence-electron chi connectivity index (χ0n) is 21.7. The molecular formula is C33H28FN3O. The van der Waals surface area contributed by atoms with Crippen molar-refractivity contribution >= 4 is 5.78 Å². The molecule has 4 aromatic rings. The minimum absolute atomic E-state index is 0.101. The highest BCUT2D eigenvalue weighted by Crippen LogP contribution is 2.58. The smallest absolute Gasteiger partial charge is 0.176 e. The molecule has 38 heavy (non-hydrogen) atoms. The highest BCUT2D eigenvalue weighted by atomic mass is 19.1. The van der Waals surface area contributed by atoms with Crippen LogP contribution in [0, 0.1) is 28.5 Å². The van der Waals surface area contributed by atoms with Crippen molar-refractivity contribution in [3.8, 4) is 34.3 Å². The van der Waals surface area contributed by atoms with Crippen molar-refractivity contribution in [1.29, 1.82) is 5.26 Å². The number of Topliss-reactive ketones (excluding diaryl/α,β-unsaturated/α-hetero) is 1. The van der Waals surface area contributed by atoms with Gasteiger partial charge in [0.1, 0.15) is 17.7 Å². The van der Waals surface area contributed by atoms with Crippen LogP contribution >= 0.6 is 0 Å². The summed E-state index contributed by atoms with van der Waals surface area (Å²) in [5, 5.41) is 9.79. The Bertz CT molecular complexity index is 1660. The minimum atomic E-state index is -0.636. The molecular weight excluding hydrogens is 473 g/mol. The van der Waals surface area contributed by atoms with Crippen LogP contribution in [-0.4, -0.2) is 15.3 Å². The van der Waals surface area contributed by atoms with Gasteiger partial charge >= 0.3 is 0 Å². The maximum absolute atomic E-state index is 14.5. The Kier molecular flexibility index (Phi) is 5.47. The van der Waals surface area contributed by atoms with Crippen LogP contribution in [0.2, 0.25) is 0 Å². The van der Waals surface area contributed by atoms with E-state index in [0.29, 0.717) is 12.1 Å². The van der Waals surface area contributed by atoms with Gasteiger partial charge in [0.05, 0.1) is 17.0 Å². The number of hydrogen-bond acceptors (Lipinski definition) is 3. The van der Waals surface area contributed by atoms with E-state index in [4.69, 9.17) is 4.98 Å². The van der Waals surface area contributed by atoms with Gasteiger partial charge < -0.3 is 0 Å². The van der Waals surface area contributed by atoms with Gasteiger partial charge in [-0.05, 0) is 60.6 Å². The fourth-order valence-corrected chi connectivity index (χ4v) is 6.43. The number of carbonyl (C=O) groups is 1. The number of nitrogens with zero attached hydrogens (tertiary/aromatic N) is 3. The number of halogens is 1. The number of hydrogen-bond donors (Lipinski definition) is 0. The molecule has 5 heteroatoms. The molecule has 3 aromatic carbocycles. The molecule has 0 saturated heterocycles. The minimum Gasteiger partial charge on any atom is -0.296 e. The molecule has 3 atom stereocenters. The number of aromatic nitrogens is 2. The van der Waals surface area contributed by atoms with Crippen LogP contribution < -0.4 is 0 Å². The van der Waals surface area contributed by atoms with E-state index in [0.717, 1.165) is 40.3 Å². The number of allylic oxidation sites excluding steroid dienone is 2. The van der Waals surface area contributed by atoms with Gasteiger partial charge in [-0.1, -0.05) is 74.5 Å². The summed E-state index contributed by atoms with van der Waals surface area (Å²) >= 11 is 0. The number of fused-ring (bicyclic) bond motifs is 3. The molecule has 0 radical (unpaired) electrons. The Morgan fingerprint density at radius 3 is 2.42 bits per heavy atom. The zero-order valence-corrected chi connectivity index (χ0v) is 21.7. The van der Waals surface area contributed by atoms with Crippen LogP contribution in [0.4, 0.5) is 4.39 Å². The number of ketones is 1. The Balaban J connectivity index is 1.63. The van der Waals surface area contributed by atoms with E-state index >= 15 is 0 Å². The second-order valence-electron chi connectivity index (χ2n) is 10.9. The summed E-state index contributed by atoms with van der Waals surface area (Å²) in [5.41, 5.74) is 4.78. The summed E-state index contributed by atoms with van der Waals surface area (Å²) in [5.74, 6) is -0.00888. The third-order valence-electron chi connectivity index (χ3n) is 8.99. The molecule has 0 fully saturated rings. The molecule has 1 aromatic heterocycles. The van der Waals surface area contributed by atoms with Crippen molar-refractivity contribution in [2.45, 2.75) is 39.0 Å². The fourth-order valence-electron chi connectivity index (χ4n) is 6.43. The molecule has 0 saturated carbocycles. The van der Waals surface area contributed by atoms with Gasteiger partial charge in [-0.2, -0.15) is 5.26 Å². The second kappa shape index (κ2) is 8.63. The first-order valence-electron chi connectivity index (χ1n) is 13.0. The maximum Gasteiger partial charge on any atom is 0.176 e. The SMILES string of the molecule is C[C@H]1C(=O)C(C#N)=C[C@@]2(C)c3nc(-c4cccc(-c5ccccc5)c4)n(-c4cccc(F)c4)c3CC[C@]12C. The van der Waals surface area contributed by atoms with Crippen molar-refractivity contribution in [2.24, 2.45) is 11.3 Å². The van der Waals surface area contributed by atoms with Crippen molar-refractivity contribution in [3.63, 3.8) is 0 Å². The first kappa shape index (κ1) is 24.1. The van der Waals surface area contributed by atoms with Crippen LogP contribution in [0.1, 0.15) is 38.6 Å². The molecule has 0 aliphatic heterocycles. The number of rotatable bonds is 3. The number of carbonyl (C=O) groups excluding carboxylic acids is 1. The quantitative estimate of drug-likeness (QED) is 0.298. The highest BCUT2D eigenvalue weighted by molar-refractivity contribution is 6.02. The van der Waals surface area contributed by atoms with Crippen molar-refractivity contribution in [2.75, 3.05) is 0 Å². The zero-order chi connectivity index (χ0) is 26.7. The van der Waals surface area contributed by atoms with Crippen LogP contribution in [-0.2, 0) is 16.6 Å². The molecule has 188 valence electrons. The monoisotopic (exact) mass is 501 g/mol. The first-order chi connectivity index (χ1) is 18.3. The van der Waals surface area contributed by atoms with Gasteiger partial charge in [-0.15, -0.1) is 0 Å². The van der Waals surface area contributed by atoms with E-state index in [1.807, 2.05) is 49.4 Å². The lowest BCUT2D eigenvalue weighted by atomic mass is 9.49. The first-order valence-corrected chi connectivity index (χ1v) is 13.0. The van der Waals surface area contributed by atoms with E-state index in [1.54, 1.807) is 6.07 Å². The number of nitriles is 1. The van der Waals surface area contributed by atoms with Gasteiger partial charge in [0.25, 0.3) is 0 Å². The van der Waals surface area contributed by atoms with Crippen LogP contribution in [0.3, 0.4) is 0 Å². The molecule has 2 aliphatic rings. The summed E-state index contributed by atoms with van der Waals surface area (Å²) < 4.78 is 16.6. The lowest BCUT2D eigenvalue weighted by Gasteiger charge is -2.53. The standard InChI is InChI=1S/C33H28FN3O/c1-21-29(38)25(20-35)19-33(3)30-28(15-16-32(21,33)2)37(27-14-8-13-26(34)18-27)31(36-30)24-12-7-11-23(17-24)22-9-5-4-6-10-22/h4-14,17-19,21H,15-16H2,1-3H3/t21-,32+,33-/m0/s1. The van der Waals surface area contributed by atoms with Gasteiger partial charge in [-0.3, -0.25) is 9.36 Å². The molecule has 2 aliphatic carbocycles. The van der Waals surface area contributed by atoms with Crippen molar-refractivity contribution in [1.82, 2.24) is 9.55 Å². The maximum atomic E-state index is 14.5. The molecule has 1 heterocycles. The van der Waals surface area contributed by atoms with Gasteiger partial charge in [0, 0.05) is 22.6 Å². The number of benzene rings is 3. The molecule has 4 nitrogen and oxygen atoms in total. The third kappa shape index (κ3) is 3.40. The summed E-state index contributed by atoms with van der Waals surface area (Å²) in [7, 11) is 0. The summed E-state index contributed by atoms with van der Waals surface area (Å²) in [4.78, 5) is 18.3. The van der Waals surface area contributed by atoms with Crippen LogP contribution in [0.5, 0.6) is 0 Å². The molecule has 0 amide bonds.